The van der Waals surface area contributed by atoms with Crippen molar-refractivity contribution in [2.24, 2.45) is 5.11 Å². The molecule has 0 unspecified atom stereocenters. The third-order valence-corrected chi connectivity index (χ3v) is 1.78. The van der Waals surface area contributed by atoms with Crippen LogP contribution in [0.15, 0.2) is 21.7 Å². The second-order valence-electron chi connectivity index (χ2n) is 2.96. The lowest BCUT2D eigenvalue weighted by molar-refractivity contribution is -0.402. The average molecular weight is 239 g/mol. The maximum Gasteiger partial charge on any atom is 0.433 e. The Morgan fingerprint density at radius 2 is 2.41 bits per heavy atom. The molecule has 17 heavy (non-hydrogen) atoms. The Morgan fingerprint density at radius 1 is 1.65 bits per heavy atom. The number of furan rings is 1. The largest absolute Gasteiger partial charge is 0.433 e. The molecule has 1 aromatic rings. The van der Waals surface area contributed by atoms with Gasteiger partial charge in [-0.15, -0.1) is 0 Å². The van der Waals surface area contributed by atoms with Gasteiger partial charge >= 0.3 is 5.88 Å². The molecule has 1 N–H and O–H groups in total. The number of amides is 1. The molecule has 0 atom stereocenters. The minimum Gasteiger partial charge on any atom is -0.395 e. The summed E-state index contributed by atoms with van der Waals surface area (Å²) in [6.07, 6.45) is 0.485. The van der Waals surface area contributed by atoms with Gasteiger partial charge in [-0.05, 0) is 18.0 Å². The van der Waals surface area contributed by atoms with Crippen LogP contribution in [0.3, 0.4) is 0 Å². The first kappa shape index (κ1) is 12.5. The fraction of sp³-hybridized carbons (Fsp3) is 0.375. The molecule has 0 radical (unpaired) electrons. The Hall–Kier alpha value is -2.54. The highest BCUT2D eigenvalue weighted by Gasteiger charge is 2.16. The Morgan fingerprint density at radius 3 is 3.00 bits per heavy atom. The number of rotatable bonds is 6. The van der Waals surface area contributed by atoms with Crippen molar-refractivity contribution in [3.05, 3.63) is 38.5 Å². The average Bonchev–Trinajstić information content (AvgIpc) is 2.78. The van der Waals surface area contributed by atoms with Crippen LogP contribution in [-0.4, -0.2) is 23.9 Å². The van der Waals surface area contributed by atoms with E-state index in [0.717, 1.165) is 6.07 Å². The highest BCUT2D eigenvalue weighted by molar-refractivity contribution is 5.91. The molecular weight excluding hydrogens is 230 g/mol. The highest BCUT2D eigenvalue weighted by Crippen LogP contribution is 2.15. The van der Waals surface area contributed by atoms with E-state index in [0.29, 0.717) is 13.0 Å². The van der Waals surface area contributed by atoms with E-state index in [4.69, 9.17) is 9.95 Å². The Labute approximate surface area is 95.2 Å². The quantitative estimate of drug-likeness (QED) is 0.201. The van der Waals surface area contributed by atoms with E-state index in [1.54, 1.807) is 0 Å². The van der Waals surface area contributed by atoms with Gasteiger partial charge in [-0.1, -0.05) is 5.11 Å². The third-order valence-electron chi connectivity index (χ3n) is 1.78. The number of nitro groups is 1. The Bertz CT molecular complexity index is 462. The van der Waals surface area contributed by atoms with Crippen molar-refractivity contribution < 1.29 is 14.1 Å². The SMILES string of the molecule is [N-]=[N+]=NCCCNC(=O)c1ccc([N+](=O)[O-])o1. The first-order valence-electron chi connectivity index (χ1n) is 4.68. The predicted molar refractivity (Wildman–Crippen MR) is 56.3 cm³/mol. The summed E-state index contributed by atoms with van der Waals surface area (Å²) in [6, 6.07) is 2.33. The van der Waals surface area contributed by atoms with Crippen LogP contribution in [0, 0.1) is 10.1 Å². The van der Waals surface area contributed by atoms with Crippen LogP contribution >= 0.6 is 0 Å². The summed E-state index contributed by atoms with van der Waals surface area (Å²) in [5.41, 5.74) is 8.00. The maximum atomic E-state index is 11.4. The molecular formula is C8H9N5O4. The van der Waals surface area contributed by atoms with Crippen LogP contribution in [0.25, 0.3) is 10.4 Å². The summed E-state index contributed by atoms with van der Waals surface area (Å²) >= 11 is 0. The number of carbonyl (C=O) groups excluding carboxylic acids is 1. The molecule has 0 aliphatic carbocycles. The van der Waals surface area contributed by atoms with E-state index < -0.39 is 16.7 Å². The molecule has 90 valence electrons. The number of nitrogens with zero attached hydrogens (tertiary/aromatic N) is 4. The molecule has 1 amide bonds. The van der Waals surface area contributed by atoms with E-state index in [-0.39, 0.29) is 12.3 Å². The van der Waals surface area contributed by atoms with E-state index >= 15 is 0 Å². The summed E-state index contributed by atoms with van der Waals surface area (Å²) < 4.78 is 4.69. The lowest BCUT2D eigenvalue weighted by atomic mass is 10.4. The fourth-order valence-electron chi connectivity index (χ4n) is 1.03. The standard InChI is InChI=1S/C8H9N5O4/c9-12-11-5-1-4-10-8(14)6-2-3-7(17-6)13(15)16/h2-3H,1,4-5H2,(H,10,14). The molecule has 0 aliphatic rings. The molecule has 0 fully saturated rings. The van der Waals surface area contributed by atoms with Crippen molar-refractivity contribution in [1.82, 2.24) is 5.32 Å². The maximum absolute atomic E-state index is 11.4. The van der Waals surface area contributed by atoms with Gasteiger partial charge in [0.25, 0.3) is 5.91 Å². The lowest BCUT2D eigenvalue weighted by Gasteiger charge is -1.99. The fourth-order valence-corrected chi connectivity index (χ4v) is 1.03. The van der Waals surface area contributed by atoms with Crippen LogP contribution in [0.1, 0.15) is 17.0 Å². The molecule has 0 bridgehead atoms. The molecule has 0 saturated carbocycles. The molecule has 9 heteroatoms. The molecule has 9 nitrogen and oxygen atoms in total. The zero-order chi connectivity index (χ0) is 12.7. The second-order valence-corrected chi connectivity index (χ2v) is 2.96. The van der Waals surface area contributed by atoms with Crippen LogP contribution in [0.2, 0.25) is 0 Å². The molecule has 0 saturated heterocycles. The minimum atomic E-state index is -0.724. The van der Waals surface area contributed by atoms with Crippen molar-refractivity contribution >= 4 is 11.8 Å². The van der Waals surface area contributed by atoms with E-state index in [9.17, 15) is 14.9 Å². The summed E-state index contributed by atoms with van der Waals surface area (Å²) in [7, 11) is 0. The van der Waals surface area contributed by atoms with Crippen molar-refractivity contribution in [2.75, 3.05) is 13.1 Å². The molecule has 0 aliphatic heterocycles. The predicted octanol–water partition coefficient (Wildman–Crippen LogP) is 1.62. The smallest absolute Gasteiger partial charge is 0.395 e. The number of azide groups is 1. The Balaban J connectivity index is 2.41. The van der Waals surface area contributed by atoms with Crippen LogP contribution < -0.4 is 5.32 Å². The van der Waals surface area contributed by atoms with Gasteiger partial charge in [0.1, 0.15) is 4.92 Å². The first-order valence-corrected chi connectivity index (χ1v) is 4.68. The first-order chi connectivity index (χ1) is 8.15. The zero-order valence-electron chi connectivity index (χ0n) is 8.70. The number of nitrogens with one attached hydrogen (secondary N) is 1. The Kier molecular flexibility index (Phi) is 4.52. The van der Waals surface area contributed by atoms with Gasteiger partial charge in [0.2, 0.25) is 0 Å². The van der Waals surface area contributed by atoms with Gasteiger partial charge in [-0.3, -0.25) is 14.9 Å². The normalized spacial score (nSPS) is 9.41. The van der Waals surface area contributed by atoms with Gasteiger partial charge in [0.15, 0.2) is 5.76 Å². The van der Waals surface area contributed by atoms with Crippen molar-refractivity contribution in [3.8, 4) is 0 Å². The summed E-state index contributed by atoms with van der Waals surface area (Å²) in [5, 5.41) is 16.1. The highest BCUT2D eigenvalue weighted by atomic mass is 16.6. The van der Waals surface area contributed by atoms with Crippen LogP contribution in [0.4, 0.5) is 5.88 Å². The summed E-state index contributed by atoms with van der Waals surface area (Å²) in [6.45, 7) is 0.571. The summed E-state index contributed by atoms with van der Waals surface area (Å²) in [5.74, 6) is -1.15. The van der Waals surface area contributed by atoms with Crippen LogP contribution in [0.5, 0.6) is 0 Å². The van der Waals surface area contributed by atoms with Crippen LogP contribution in [-0.2, 0) is 0 Å². The van der Waals surface area contributed by atoms with Crippen molar-refractivity contribution in [3.63, 3.8) is 0 Å². The molecule has 1 aromatic heterocycles. The van der Waals surface area contributed by atoms with E-state index in [2.05, 4.69) is 15.3 Å². The summed E-state index contributed by atoms with van der Waals surface area (Å²) in [4.78, 5) is 23.5. The minimum absolute atomic E-state index is 0.125. The molecule has 0 spiro atoms. The molecule has 1 heterocycles. The molecule has 1 rings (SSSR count). The third kappa shape index (κ3) is 3.84. The van der Waals surface area contributed by atoms with Gasteiger partial charge in [-0.2, -0.15) is 0 Å². The van der Waals surface area contributed by atoms with Gasteiger partial charge in [0.05, 0.1) is 6.07 Å². The monoisotopic (exact) mass is 239 g/mol. The van der Waals surface area contributed by atoms with Crippen molar-refractivity contribution in [1.29, 1.82) is 0 Å². The number of carbonyl (C=O) groups is 1. The second kappa shape index (κ2) is 6.13. The van der Waals surface area contributed by atoms with Gasteiger partial charge in [0, 0.05) is 18.0 Å². The van der Waals surface area contributed by atoms with Gasteiger partial charge < -0.3 is 9.73 Å². The van der Waals surface area contributed by atoms with E-state index in [1.165, 1.54) is 6.07 Å². The lowest BCUT2D eigenvalue weighted by Crippen LogP contribution is -2.24. The number of hydrogen-bond donors (Lipinski definition) is 1. The van der Waals surface area contributed by atoms with Crippen molar-refractivity contribution in [2.45, 2.75) is 6.42 Å². The topological polar surface area (TPSA) is 134 Å². The number of hydrogen-bond acceptors (Lipinski definition) is 5. The zero-order valence-corrected chi connectivity index (χ0v) is 8.70. The molecule has 0 aromatic carbocycles. The van der Waals surface area contributed by atoms with Gasteiger partial charge in [-0.25, -0.2) is 0 Å². The van der Waals surface area contributed by atoms with E-state index in [1.807, 2.05) is 0 Å².